The maximum atomic E-state index is 5.98. The summed E-state index contributed by atoms with van der Waals surface area (Å²) in [7, 11) is 0. The van der Waals surface area contributed by atoms with Crippen molar-refractivity contribution in [3.8, 4) is 0 Å². The Kier molecular flexibility index (Phi) is 4.99. The van der Waals surface area contributed by atoms with Crippen molar-refractivity contribution in [2.24, 2.45) is 5.73 Å². The molecule has 0 spiro atoms. The SMILES string of the molecule is CCC(N)C(C)Sc1ccccc1Br. The standard InChI is InChI=1S/C11H16BrNS/c1-3-10(13)8(2)14-11-7-5-4-6-9(11)12/h4-8,10H,3,13H2,1-2H3. The Morgan fingerprint density at radius 3 is 2.64 bits per heavy atom. The molecular weight excluding hydrogens is 258 g/mol. The van der Waals surface area contributed by atoms with E-state index in [9.17, 15) is 0 Å². The van der Waals surface area contributed by atoms with Gasteiger partial charge in [-0.1, -0.05) is 26.0 Å². The van der Waals surface area contributed by atoms with Crippen LogP contribution in [0.15, 0.2) is 33.6 Å². The monoisotopic (exact) mass is 273 g/mol. The molecule has 0 heterocycles. The number of thioether (sulfide) groups is 1. The average molecular weight is 274 g/mol. The predicted molar refractivity (Wildman–Crippen MR) is 67.7 cm³/mol. The van der Waals surface area contributed by atoms with Crippen molar-refractivity contribution in [2.75, 3.05) is 0 Å². The zero-order chi connectivity index (χ0) is 10.6. The van der Waals surface area contributed by atoms with Crippen molar-refractivity contribution >= 4 is 27.7 Å². The first-order valence-electron chi connectivity index (χ1n) is 4.82. The summed E-state index contributed by atoms with van der Waals surface area (Å²) in [5.41, 5.74) is 5.98. The lowest BCUT2D eigenvalue weighted by Gasteiger charge is -2.18. The fourth-order valence-corrected chi connectivity index (χ4v) is 2.83. The minimum atomic E-state index is 0.270. The average Bonchev–Trinajstić information content (AvgIpc) is 2.20. The van der Waals surface area contributed by atoms with E-state index in [4.69, 9.17) is 5.73 Å². The van der Waals surface area contributed by atoms with Gasteiger partial charge in [-0.05, 0) is 34.5 Å². The molecule has 1 aromatic carbocycles. The van der Waals surface area contributed by atoms with Gasteiger partial charge in [-0.25, -0.2) is 0 Å². The lowest BCUT2D eigenvalue weighted by molar-refractivity contribution is 0.642. The van der Waals surface area contributed by atoms with Gasteiger partial charge in [0.1, 0.15) is 0 Å². The summed E-state index contributed by atoms with van der Waals surface area (Å²) in [4.78, 5) is 1.27. The zero-order valence-corrected chi connectivity index (χ0v) is 10.9. The second-order valence-electron chi connectivity index (χ2n) is 3.33. The van der Waals surface area contributed by atoms with E-state index in [2.05, 4.69) is 48.0 Å². The molecule has 0 saturated carbocycles. The van der Waals surface area contributed by atoms with E-state index in [0.717, 1.165) is 10.9 Å². The maximum Gasteiger partial charge on any atom is 0.0311 e. The van der Waals surface area contributed by atoms with Gasteiger partial charge < -0.3 is 5.73 Å². The number of hydrogen-bond acceptors (Lipinski definition) is 2. The van der Waals surface area contributed by atoms with Crippen molar-refractivity contribution in [3.05, 3.63) is 28.7 Å². The fraction of sp³-hybridized carbons (Fsp3) is 0.455. The molecule has 0 saturated heterocycles. The molecule has 0 bridgehead atoms. The Labute approximate surface area is 98.6 Å². The van der Waals surface area contributed by atoms with Crippen LogP contribution < -0.4 is 5.73 Å². The van der Waals surface area contributed by atoms with E-state index in [1.807, 2.05) is 17.8 Å². The molecule has 2 unspecified atom stereocenters. The smallest absolute Gasteiger partial charge is 0.0311 e. The van der Waals surface area contributed by atoms with Crippen LogP contribution in [0.2, 0.25) is 0 Å². The Balaban J connectivity index is 2.64. The summed E-state index contributed by atoms with van der Waals surface area (Å²) in [6, 6.07) is 8.53. The summed E-state index contributed by atoms with van der Waals surface area (Å²) in [5.74, 6) is 0. The largest absolute Gasteiger partial charge is 0.327 e. The van der Waals surface area contributed by atoms with E-state index in [1.54, 1.807) is 0 Å². The van der Waals surface area contributed by atoms with Crippen LogP contribution in [0.1, 0.15) is 20.3 Å². The zero-order valence-electron chi connectivity index (χ0n) is 8.53. The van der Waals surface area contributed by atoms with E-state index in [0.29, 0.717) is 5.25 Å². The van der Waals surface area contributed by atoms with Gasteiger partial charge in [0, 0.05) is 20.7 Å². The van der Waals surface area contributed by atoms with Gasteiger partial charge in [0.15, 0.2) is 0 Å². The van der Waals surface area contributed by atoms with E-state index < -0.39 is 0 Å². The van der Waals surface area contributed by atoms with Gasteiger partial charge >= 0.3 is 0 Å². The third-order valence-corrected chi connectivity index (χ3v) is 4.51. The summed E-state index contributed by atoms with van der Waals surface area (Å²) in [6.07, 6.45) is 1.03. The van der Waals surface area contributed by atoms with E-state index >= 15 is 0 Å². The minimum absolute atomic E-state index is 0.270. The number of halogens is 1. The molecule has 1 nitrogen and oxygen atoms in total. The number of hydrogen-bond donors (Lipinski definition) is 1. The molecule has 0 aliphatic rings. The highest BCUT2D eigenvalue weighted by atomic mass is 79.9. The highest BCUT2D eigenvalue weighted by molar-refractivity contribution is 9.10. The number of nitrogens with two attached hydrogens (primary N) is 1. The van der Waals surface area contributed by atoms with Crippen LogP contribution in [0.3, 0.4) is 0 Å². The summed E-state index contributed by atoms with van der Waals surface area (Å²) < 4.78 is 1.15. The van der Waals surface area contributed by atoms with Crippen LogP contribution in [0.5, 0.6) is 0 Å². The first kappa shape index (κ1) is 12.1. The van der Waals surface area contributed by atoms with Gasteiger partial charge in [-0.15, -0.1) is 11.8 Å². The lowest BCUT2D eigenvalue weighted by atomic mass is 10.2. The second kappa shape index (κ2) is 5.79. The van der Waals surface area contributed by atoms with Gasteiger partial charge in [-0.2, -0.15) is 0 Å². The van der Waals surface area contributed by atoms with Gasteiger partial charge in [0.05, 0.1) is 0 Å². The molecule has 78 valence electrons. The van der Waals surface area contributed by atoms with Crippen LogP contribution in [-0.4, -0.2) is 11.3 Å². The molecule has 0 fully saturated rings. The molecule has 2 atom stereocenters. The minimum Gasteiger partial charge on any atom is -0.327 e. The van der Waals surface area contributed by atoms with E-state index in [-0.39, 0.29) is 6.04 Å². The molecule has 2 N–H and O–H groups in total. The molecule has 0 radical (unpaired) electrons. The van der Waals surface area contributed by atoms with Crippen molar-refractivity contribution in [2.45, 2.75) is 36.5 Å². The lowest BCUT2D eigenvalue weighted by Crippen LogP contribution is -2.29. The molecule has 14 heavy (non-hydrogen) atoms. The van der Waals surface area contributed by atoms with Crippen molar-refractivity contribution in [1.29, 1.82) is 0 Å². The summed E-state index contributed by atoms with van der Waals surface area (Å²) in [5, 5.41) is 0.457. The third-order valence-electron chi connectivity index (χ3n) is 2.22. The quantitative estimate of drug-likeness (QED) is 0.848. The molecule has 0 amide bonds. The maximum absolute atomic E-state index is 5.98. The first-order chi connectivity index (χ1) is 6.65. The molecule has 1 aromatic rings. The highest BCUT2D eigenvalue weighted by Gasteiger charge is 2.12. The molecule has 1 rings (SSSR count). The first-order valence-corrected chi connectivity index (χ1v) is 6.49. The Hall–Kier alpha value is 0.01000. The van der Waals surface area contributed by atoms with Crippen molar-refractivity contribution < 1.29 is 0 Å². The van der Waals surface area contributed by atoms with Gasteiger partial charge in [-0.3, -0.25) is 0 Å². The normalized spacial score (nSPS) is 15.1. The molecule has 0 aromatic heterocycles. The number of benzene rings is 1. The van der Waals surface area contributed by atoms with Crippen LogP contribution in [-0.2, 0) is 0 Å². The third kappa shape index (κ3) is 3.30. The fourth-order valence-electron chi connectivity index (χ4n) is 1.16. The van der Waals surface area contributed by atoms with Crippen molar-refractivity contribution in [3.63, 3.8) is 0 Å². The van der Waals surface area contributed by atoms with Crippen LogP contribution in [0, 0.1) is 0 Å². The summed E-state index contributed by atoms with van der Waals surface area (Å²) >= 11 is 5.37. The van der Waals surface area contributed by atoms with Crippen molar-refractivity contribution in [1.82, 2.24) is 0 Å². The Morgan fingerprint density at radius 2 is 2.07 bits per heavy atom. The molecule has 3 heteroatoms. The Morgan fingerprint density at radius 1 is 1.43 bits per heavy atom. The second-order valence-corrected chi connectivity index (χ2v) is 5.60. The predicted octanol–water partition coefficient (Wildman–Crippen LogP) is 3.67. The number of rotatable bonds is 4. The topological polar surface area (TPSA) is 26.0 Å². The summed E-state index contributed by atoms with van der Waals surface area (Å²) in [6.45, 7) is 4.31. The molecule has 0 aliphatic carbocycles. The Bertz CT molecular complexity index is 290. The van der Waals surface area contributed by atoms with Gasteiger partial charge in [0.25, 0.3) is 0 Å². The molecular formula is C11H16BrNS. The van der Waals surface area contributed by atoms with Crippen LogP contribution >= 0.6 is 27.7 Å². The highest BCUT2D eigenvalue weighted by Crippen LogP contribution is 2.31. The van der Waals surface area contributed by atoms with E-state index in [1.165, 1.54) is 4.90 Å². The van der Waals surface area contributed by atoms with Crippen LogP contribution in [0.4, 0.5) is 0 Å². The van der Waals surface area contributed by atoms with Crippen LogP contribution in [0.25, 0.3) is 0 Å². The van der Waals surface area contributed by atoms with Gasteiger partial charge in [0.2, 0.25) is 0 Å². The molecule has 0 aliphatic heterocycles.